The SMILES string of the molecule is Cc1ccc(Cc2nc(-c3nc4ccccn4c3C)cs2)cc1. The van der Waals surface area contributed by atoms with Crippen molar-refractivity contribution in [1.29, 1.82) is 0 Å². The number of pyridine rings is 1. The van der Waals surface area contributed by atoms with E-state index in [1.165, 1.54) is 11.1 Å². The molecule has 0 aliphatic heterocycles. The van der Waals surface area contributed by atoms with E-state index in [9.17, 15) is 0 Å². The normalized spacial score (nSPS) is 11.2. The predicted octanol–water partition coefficient (Wildman–Crippen LogP) is 4.67. The molecule has 0 aliphatic rings. The van der Waals surface area contributed by atoms with Gasteiger partial charge in [-0.15, -0.1) is 11.3 Å². The Bertz CT molecular complexity index is 964. The lowest BCUT2D eigenvalue weighted by Gasteiger charge is -1.98. The van der Waals surface area contributed by atoms with Gasteiger partial charge in [-0.2, -0.15) is 0 Å². The van der Waals surface area contributed by atoms with Crippen LogP contribution >= 0.6 is 11.3 Å². The summed E-state index contributed by atoms with van der Waals surface area (Å²) in [7, 11) is 0. The van der Waals surface area contributed by atoms with Crippen molar-refractivity contribution in [2.45, 2.75) is 20.3 Å². The molecule has 3 aromatic heterocycles. The van der Waals surface area contributed by atoms with E-state index in [2.05, 4.69) is 47.9 Å². The Kier molecular flexibility index (Phi) is 3.46. The third-order valence-corrected chi connectivity index (χ3v) is 4.89. The van der Waals surface area contributed by atoms with Crippen LogP contribution < -0.4 is 0 Å². The molecule has 0 saturated heterocycles. The molecule has 3 heterocycles. The maximum absolute atomic E-state index is 4.80. The average Bonchev–Trinajstić information content (AvgIpc) is 3.15. The largest absolute Gasteiger partial charge is 0.304 e. The molecule has 0 N–H and O–H groups in total. The number of aromatic nitrogens is 3. The molecule has 0 unspecified atom stereocenters. The molecule has 3 nitrogen and oxygen atoms in total. The van der Waals surface area contributed by atoms with E-state index in [0.717, 1.165) is 34.2 Å². The Morgan fingerprint density at radius 1 is 1.00 bits per heavy atom. The van der Waals surface area contributed by atoms with Gasteiger partial charge in [0.15, 0.2) is 0 Å². The Balaban J connectivity index is 1.66. The zero-order valence-electron chi connectivity index (χ0n) is 13.2. The van der Waals surface area contributed by atoms with Crippen LogP contribution in [0.1, 0.15) is 21.8 Å². The Morgan fingerprint density at radius 3 is 2.61 bits per heavy atom. The summed E-state index contributed by atoms with van der Waals surface area (Å²) in [6.45, 7) is 4.20. The average molecular weight is 319 g/mol. The van der Waals surface area contributed by atoms with E-state index in [0.29, 0.717) is 0 Å². The van der Waals surface area contributed by atoms with Crippen LogP contribution in [0.25, 0.3) is 17.0 Å². The zero-order chi connectivity index (χ0) is 15.8. The minimum Gasteiger partial charge on any atom is -0.304 e. The third-order valence-electron chi connectivity index (χ3n) is 4.04. The topological polar surface area (TPSA) is 30.2 Å². The fourth-order valence-electron chi connectivity index (χ4n) is 2.74. The van der Waals surface area contributed by atoms with Crippen molar-refractivity contribution < 1.29 is 0 Å². The van der Waals surface area contributed by atoms with E-state index in [1.807, 2.05) is 24.4 Å². The molecule has 0 saturated carbocycles. The molecule has 0 aliphatic carbocycles. The molecule has 0 radical (unpaired) electrons. The van der Waals surface area contributed by atoms with Crippen LogP contribution in [0.15, 0.2) is 54.0 Å². The van der Waals surface area contributed by atoms with Crippen LogP contribution in [0.2, 0.25) is 0 Å². The number of imidazole rings is 1. The number of hydrogen-bond acceptors (Lipinski definition) is 3. The minimum atomic E-state index is 0.872. The molecular weight excluding hydrogens is 302 g/mol. The Hall–Kier alpha value is -2.46. The number of aryl methyl sites for hydroxylation is 2. The lowest BCUT2D eigenvalue weighted by atomic mass is 10.1. The van der Waals surface area contributed by atoms with Crippen molar-refractivity contribution in [2.75, 3.05) is 0 Å². The molecule has 0 amide bonds. The maximum atomic E-state index is 4.80. The van der Waals surface area contributed by atoms with Crippen molar-refractivity contribution in [3.8, 4) is 11.4 Å². The van der Waals surface area contributed by atoms with Gasteiger partial charge in [0.05, 0.1) is 5.01 Å². The van der Waals surface area contributed by atoms with Gasteiger partial charge in [0.1, 0.15) is 17.0 Å². The van der Waals surface area contributed by atoms with Crippen LogP contribution in [-0.4, -0.2) is 14.4 Å². The van der Waals surface area contributed by atoms with Gasteiger partial charge in [0.25, 0.3) is 0 Å². The summed E-state index contributed by atoms with van der Waals surface area (Å²) < 4.78 is 2.11. The van der Waals surface area contributed by atoms with Gasteiger partial charge in [-0.3, -0.25) is 0 Å². The molecule has 0 fully saturated rings. The Morgan fingerprint density at radius 2 is 1.83 bits per heavy atom. The first-order valence-corrected chi connectivity index (χ1v) is 8.53. The fourth-order valence-corrected chi connectivity index (χ4v) is 3.56. The highest BCUT2D eigenvalue weighted by atomic mass is 32.1. The van der Waals surface area contributed by atoms with E-state index in [1.54, 1.807) is 11.3 Å². The second-order valence-corrected chi connectivity index (χ2v) is 6.71. The predicted molar refractivity (Wildman–Crippen MR) is 95.0 cm³/mol. The van der Waals surface area contributed by atoms with Crippen molar-refractivity contribution in [1.82, 2.24) is 14.4 Å². The Labute approximate surface area is 139 Å². The van der Waals surface area contributed by atoms with Crippen molar-refractivity contribution in [3.05, 3.63) is 75.9 Å². The molecule has 4 heteroatoms. The highest BCUT2D eigenvalue weighted by Gasteiger charge is 2.13. The summed E-state index contributed by atoms with van der Waals surface area (Å²) in [5.41, 5.74) is 6.62. The van der Waals surface area contributed by atoms with E-state index in [-0.39, 0.29) is 0 Å². The first-order valence-electron chi connectivity index (χ1n) is 7.65. The van der Waals surface area contributed by atoms with Crippen LogP contribution in [0.5, 0.6) is 0 Å². The van der Waals surface area contributed by atoms with Crippen LogP contribution in [0, 0.1) is 13.8 Å². The first kappa shape index (κ1) is 14.2. The van der Waals surface area contributed by atoms with Crippen molar-refractivity contribution in [2.24, 2.45) is 0 Å². The smallest absolute Gasteiger partial charge is 0.137 e. The lowest BCUT2D eigenvalue weighted by Crippen LogP contribution is -1.89. The van der Waals surface area contributed by atoms with E-state index >= 15 is 0 Å². The molecule has 0 spiro atoms. The summed E-state index contributed by atoms with van der Waals surface area (Å²) in [6, 6.07) is 14.7. The molecule has 4 aromatic rings. The highest BCUT2D eigenvalue weighted by molar-refractivity contribution is 7.10. The van der Waals surface area contributed by atoms with Crippen LogP contribution in [-0.2, 0) is 6.42 Å². The molecule has 4 rings (SSSR count). The van der Waals surface area contributed by atoms with Gasteiger partial charge in [-0.25, -0.2) is 9.97 Å². The number of benzene rings is 1. The summed E-state index contributed by atoms with van der Waals surface area (Å²) in [4.78, 5) is 9.52. The van der Waals surface area contributed by atoms with Crippen molar-refractivity contribution >= 4 is 17.0 Å². The number of thiazole rings is 1. The maximum Gasteiger partial charge on any atom is 0.137 e. The van der Waals surface area contributed by atoms with Gasteiger partial charge in [0.2, 0.25) is 0 Å². The van der Waals surface area contributed by atoms with Gasteiger partial charge in [-0.05, 0) is 31.5 Å². The van der Waals surface area contributed by atoms with Crippen LogP contribution in [0.3, 0.4) is 0 Å². The standard InChI is InChI=1S/C19H17N3S/c1-13-6-8-15(9-7-13)11-18-20-16(12-23-18)19-14(2)22-10-4-3-5-17(22)21-19/h3-10,12H,11H2,1-2H3. The van der Waals surface area contributed by atoms with Crippen LogP contribution in [0.4, 0.5) is 0 Å². The van der Waals surface area contributed by atoms with Gasteiger partial charge < -0.3 is 4.40 Å². The summed E-state index contributed by atoms with van der Waals surface area (Å²) >= 11 is 1.70. The molecule has 23 heavy (non-hydrogen) atoms. The van der Waals surface area contributed by atoms with Crippen molar-refractivity contribution in [3.63, 3.8) is 0 Å². The summed E-state index contributed by atoms with van der Waals surface area (Å²) in [6.07, 6.45) is 2.91. The number of nitrogens with zero attached hydrogens (tertiary/aromatic N) is 3. The minimum absolute atomic E-state index is 0.872. The monoisotopic (exact) mass is 319 g/mol. The number of hydrogen-bond donors (Lipinski definition) is 0. The molecule has 114 valence electrons. The van der Waals surface area contributed by atoms with E-state index < -0.39 is 0 Å². The molecule has 1 aromatic carbocycles. The van der Waals surface area contributed by atoms with Gasteiger partial charge >= 0.3 is 0 Å². The molecule has 0 bridgehead atoms. The zero-order valence-corrected chi connectivity index (χ0v) is 14.0. The highest BCUT2D eigenvalue weighted by Crippen LogP contribution is 2.26. The number of rotatable bonds is 3. The summed E-state index contributed by atoms with van der Waals surface area (Å²) in [5, 5.41) is 3.23. The molecular formula is C19H17N3S. The third kappa shape index (κ3) is 2.66. The first-order chi connectivity index (χ1) is 11.2. The fraction of sp³-hybridized carbons (Fsp3) is 0.158. The lowest BCUT2D eigenvalue weighted by molar-refractivity contribution is 1.10. The van der Waals surface area contributed by atoms with Gasteiger partial charge in [0, 0.05) is 23.7 Å². The van der Waals surface area contributed by atoms with Gasteiger partial charge in [-0.1, -0.05) is 35.9 Å². The second-order valence-electron chi connectivity index (χ2n) is 5.76. The summed E-state index contributed by atoms with van der Waals surface area (Å²) in [5.74, 6) is 0. The number of fused-ring (bicyclic) bond motifs is 1. The quantitative estimate of drug-likeness (QED) is 0.549. The molecule has 0 atom stereocenters. The second kappa shape index (κ2) is 5.63. The van der Waals surface area contributed by atoms with E-state index in [4.69, 9.17) is 9.97 Å².